The van der Waals surface area contributed by atoms with Crippen LogP contribution in [0.1, 0.15) is 13.3 Å². The van der Waals surface area contributed by atoms with E-state index in [0.717, 1.165) is 0 Å². The number of nitrogens with one attached hydrogen (secondary N) is 1. The van der Waals surface area contributed by atoms with Gasteiger partial charge < -0.3 is 11.1 Å². The van der Waals surface area contributed by atoms with Crippen LogP contribution in [-0.4, -0.2) is 11.9 Å². The summed E-state index contributed by atoms with van der Waals surface area (Å²) in [7, 11) is 0. The molecule has 1 atom stereocenters. The fraction of sp³-hybridized carbons (Fsp3) is 0.300. The van der Waals surface area contributed by atoms with Gasteiger partial charge >= 0.3 is 0 Å². The molecule has 0 bridgehead atoms. The van der Waals surface area contributed by atoms with Crippen LogP contribution in [-0.2, 0) is 4.79 Å². The van der Waals surface area contributed by atoms with E-state index in [9.17, 15) is 9.18 Å². The third kappa shape index (κ3) is 3.28. The average molecular weight is 275 g/mol. The standard InChI is InChI=1S/C10H12BrFN2O/c1-2-8(13)10(15)14-9-4-3-6(11)5-7(9)12/h3-5,8H,2,13H2,1H3,(H,14,15)/t8-/m1/s1. The summed E-state index contributed by atoms with van der Waals surface area (Å²) in [5.41, 5.74) is 5.65. The first-order chi connectivity index (χ1) is 7.04. The summed E-state index contributed by atoms with van der Waals surface area (Å²) < 4.78 is 13.9. The second kappa shape index (κ2) is 5.23. The van der Waals surface area contributed by atoms with Gasteiger partial charge in [0.1, 0.15) is 5.82 Å². The van der Waals surface area contributed by atoms with Crippen molar-refractivity contribution in [1.82, 2.24) is 0 Å². The van der Waals surface area contributed by atoms with Crippen molar-refractivity contribution < 1.29 is 9.18 Å². The molecule has 0 aromatic heterocycles. The quantitative estimate of drug-likeness (QED) is 0.889. The number of carbonyl (C=O) groups is 1. The van der Waals surface area contributed by atoms with Crippen LogP contribution in [0, 0.1) is 5.82 Å². The number of hydrogen-bond donors (Lipinski definition) is 2. The lowest BCUT2D eigenvalue weighted by molar-refractivity contribution is -0.117. The van der Waals surface area contributed by atoms with Crippen molar-refractivity contribution in [2.75, 3.05) is 5.32 Å². The first-order valence-electron chi connectivity index (χ1n) is 4.56. The highest BCUT2D eigenvalue weighted by Gasteiger charge is 2.12. The van der Waals surface area contributed by atoms with Crippen LogP contribution in [0.2, 0.25) is 0 Å². The van der Waals surface area contributed by atoms with Crippen molar-refractivity contribution >= 4 is 27.5 Å². The molecule has 0 aliphatic carbocycles. The predicted molar refractivity (Wildman–Crippen MR) is 61.0 cm³/mol. The molecular formula is C10H12BrFN2O. The molecule has 1 aromatic rings. The molecule has 0 fully saturated rings. The Hall–Kier alpha value is -0.940. The van der Waals surface area contributed by atoms with Gasteiger partial charge in [0.25, 0.3) is 0 Å². The van der Waals surface area contributed by atoms with Gasteiger partial charge in [-0.2, -0.15) is 0 Å². The lowest BCUT2D eigenvalue weighted by Gasteiger charge is -2.10. The van der Waals surface area contributed by atoms with Gasteiger partial charge in [-0.05, 0) is 24.6 Å². The Labute approximate surface area is 96.0 Å². The summed E-state index contributed by atoms with van der Waals surface area (Å²) >= 11 is 3.13. The Bertz CT molecular complexity index is 370. The van der Waals surface area contributed by atoms with Crippen LogP contribution in [0.5, 0.6) is 0 Å². The van der Waals surface area contributed by atoms with Crippen LogP contribution < -0.4 is 11.1 Å². The van der Waals surface area contributed by atoms with Gasteiger partial charge in [0.15, 0.2) is 0 Å². The summed E-state index contributed by atoms with van der Waals surface area (Å²) in [6.07, 6.45) is 0.518. The van der Waals surface area contributed by atoms with E-state index in [0.29, 0.717) is 10.9 Å². The smallest absolute Gasteiger partial charge is 0.241 e. The van der Waals surface area contributed by atoms with Crippen molar-refractivity contribution in [3.63, 3.8) is 0 Å². The van der Waals surface area contributed by atoms with Crippen molar-refractivity contribution in [2.24, 2.45) is 5.73 Å². The van der Waals surface area contributed by atoms with E-state index in [1.54, 1.807) is 13.0 Å². The first-order valence-corrected chi connectivity index (χ1v) is 5.35. The van der Waals surface area contributed by atoms with Crippen LogP contribution in [0.15, 0.2) is 22.7 Å². The number of halogens is 2. The van der Waals surface area contributed by atoms with E-state index in [2.05, 4.69) is 21.2 Å². The van der Waals surface area contributed by atoms with Gasteiger partial charge in [-0.25, -0.2) is 4.39 Å². The summed E-state index contributed by atoms with van der Waals surface area (Å²) in [5, 5.41) is 2.43. The largest absolute Gasteiger partial charge is 0.322 e. The highest BCUT2D eigenvalue weighted by molar-refractivity contribution is 9.10. The summed E-state index contributed by atoms with van der Waals surface area (Å²) in [4.78, 5) is 11.4. The zero-order valence-electron chi connectivity index (χ0n) is 8.26. The van der Waals surface area contributed by atoms with Crippen LogP contribution >= 0.6 is 15.9 Å². The van der Waals surface area contributed by atoms with Crippen LogP contribution in [0.4, 0.5) is 10.1 Å². The number of rotatable bonds is 3. The number of nitrogens with two attached hydrogens (primary N) is 1. The minimum Gasteiger partial charge on any atom is -0.322 e. The monoisotopic (exact) mass is 274 g/mol. The number of carbonyl (C=O) groups excluding carboxylic acids is 1. The van der Waals surface area contributed by atoms with Crippen molar-refractivity contribution in [1.29, 1.82) is 0 Å². The number of anilines is 1. The molecule has 0 radical (unpaired) electrons. The van der Waals surface area contributed by atoms with Gasteiger partial charge in [0, 0.05) is 4.47 Å². The van der Waals surface area contributed by atoms with Crippen molar-refractivity contribution in [3.8, 4) is 0 Å². The molecule has 3 nitrogen and oxygen atoms in total. The third-order valence-electron chi connectivity index (χ3n) is 1.97. The van der Waals surface area contributed by atoms with E-state index < -0.39 is 11.9 Å². The topological polar surface area (TPSA) is 55.1 Å². The SMILES string of the molecule is CC[C@@H](N)C(=O)Nc1ccc(Br)cc1F. The highest BCUT2D eigenvalue weighted by atomic mass is 79.9. The van der Waals surface area contributed by atoms with Crippen LogP contribution in [0.25, 0.3) is 0 Å². The molecule has 0 aliphatic heterocycles. The minimum absolute atomic E-state index is 0.145. The van der Waals surface area contributed by atoms with Crippen molar-refractivity contribution in [3.05, 3.63) is 28.5 Å². The maximum Gasteiger partial charge on any atom is 0.241 e. The Morgan fingerprint density at radius 1 is 1.67 bits per heavy atom. The Kier molecular flexibility index (Phi) is 4.23. The van der Waals surface area contributed by atoms with Gasteiger partial charge in [-0.15, -0.1) is 0 Å². The van der Waals surface area contributed by atoms with E-state index >= 15 is 0 Å². The highest BCUT2D eigenvalue weighted by Crippen LogP contribution is 2.19. The molecule has 5 heteroatoms. The molecule has 0 saturated carbocycles. The zero-order valence-corrected chi connectivity index (χ0v) is 9.84. The summed E-state index contributed by atoms with van der Waals surface area (Å²) in [5.74, 6) is -0.861. The molecule has 3 N–H and O–H groups in total. The maximum absolute atomic E-state index is 13.3. The third-order valence-corrected chi connectivity index (χ3v) is 2.46. The predicted octanol–water partition coefficient (Wildman–Crippen LogP) is 2.26. The van der Waals surface area contributed by atoms with Gasteiger partial charge in [0.2, 0.25) is 5.91 Å². The first kappa shape index (κ1) is 12.1. The van der Waals surface area contributed by atoms with Gasteiger partial charge in [-0.1, -0.05) is 22.9 Å². The fourth-order valence-electron chi connectivity index (χ4n) is 1.00. The summed E-state index contributed by atoms with van der Waals surface area (Å²) in [6, 6.07) is 3.82. The lowest BCUT2D eigenvalue weighted by Crippen LogP contribution is -2.35. The molecule has 0 saturated heterocycles. The van der Waals surface area contributed by atoms with E-state index in [1.807, 2.05) is 0 Å². The normalized spacial score (nSPS) is 12.3. The van der Waals surface area contributed by atoms with E-state index in [-0.39, 0.29) is 11.6 Å². The molecule has 1 amide bonds. The molecule has 82 valence electrons. The molecule has 0 spiro atoms. The molecule has 0 unspecified atom stereocenters. The Balaban J connectivity index is 2.77. The molecule has 1 rings (SSSR count). The molecule has 1 aromatic carbocycles. The number of benzene rings is 1. The Morgan fingerprint density at radius 3 is 2.87 bits per heavy atom. The van der Waals surface area contributed by atoms with Crippen molar-refractivity contribution in [2.45, 2.75) is 19.4 Å². The summed E-state index contributed by atoms with van der Waals surface area (Å²) in [6.45, 7) is 1.79. The zero-order chi connectivity index (χ0) is 11.4. The number of hydrogen-bond acceptors (Lipinski definition) is 2. The van der Waals surface area contributed by atoms with Gasteiger partial charge in [-0.3, -0.25) is 4.79 Å². The average Bonchev–Trinajstić information content (AvgIpc) is 2.20. The molecule has 15 heavy (non-hydrogen) atoms. The molecule has 0 heterocycles. The number of amides is 1. The second-order valence-corrected chi connectivity index (χ2v) is 4.04. The maximum atomic E-state index is 13.3. The van der Waals surface area contributed by atoms with Crippen LogP contribution in [0.3, 0.4) is 0 Å². The second-order valence-electron chi connectivity index (χ2n) is 3.13. The Morgan fingerprint density at radius 2 is 2.33 bits per heavy atom. The molecular weight excluding hydrogens is 263 g/mol. The van der Waals surface area contributed by atoms with Gasteiger partial charge in [0.05, 0.1) is 11.7 Å². The minimum atomic E-state index is -0.604. The fourth-order valence-corrected chi connectivity index (χ4v) is 1.33. The van der Waals surface area contributed by atoms with E-state index in [1.165, 1.54) is 12.1 Å². The molecule has 0 aliphatic rings. The lowest BCUT2D eigenvalue weighted by atomic mass is 10.2. The van der Waals surface area contributed by atoms with E-state index in [4.69, 9.17) is 5.73 Å².